The van der Waals surface area contributed by atoms with Gasteiger partial charge in [-0.15, -0.1) is 0 Å². The van der Waals surface area contributed by atoms with Crippen LogP contribution in [0.3, 0.4) is 0 Å². The van der Waals surface area contributed by atoms with E-state index < -0.39 is 12.1 Å². The summed E-state index contributed by atoms with van der Waals surface area (Å²) in [4.78, 5) is 24.6. The summed E-state index contributed by atoms with van der Waals surface area (Å²) in [6.45, 7) is 4.98. The molecule has 0 radical (unpaired) electrons. The molecule has 0 saturated carbocycles. The Hall–Kier alpha value is -1.92. The lowest BCUT2D eigenvalue weighted by atomic mass is 10.0. The molecule has 3 N–H and O–H groups in total. The second-order valence-corrected chi connectivity index (χ2v) is 26.7. The molecule has 0 aromatic heterocycles. The van der Waals surface area contributed by atoms with Crippen LogP contribution in [0.5, 0.6) is 0 Å². The number of amides is 1. The van der Waals surface area contributed by atoms with Gasteiger partial charge in [0.2, 0.25) is 5.91 Å². The molecule has 0 aromatic carbocycles. The highest BCUT2D eigenvalue weighted by Gasteiger charge is 2.20. The Balaban J connectivity index is 3.37. The highest BCUT2D eigenvalue weighted by Crippen LogP contribution is 2.19. The summed E-state index contributed by atoms with van der Waals surface area (Å²) in [7, 11) is 0. The second kappa shape index (κ2) is 74.5. The van der Waals surface area contributed by atoms with Gasteiger partial charge in [-0.25, -0.2) is 0 Å². The van der Waals surface area contributed by atoms with Crippen molar-refractivity contribution in [3.8, 4) is 0 Å². The van der Waals surface area contributed by atoms with Gasteiger partial charge in [-0.3, -0.25) is 9.59 Å². The number of allylic oxidation sites excluding steroid dienone is 6. The monoisotopic (exact) mass is 1190 g/mol. The number of hydrogen-bond acceptors (Lipinski definition) is 5. The Morgan fingerprint density at radius 2 is 0.588 bits per heavy atom. The SMILES string of the molecule is CCCCCCCC/C=C\CCCCCCCC(=O)OCCCCCCCCCCCCC/C=C\C/C=C\CCCCCCCCCCCCCCCCCCCC(=O)NC(CO)C(O)CCCCCCCCCCCCCCCCCCCC. The number of carbonyl (C=O) groups is 2. The Bertz CT molecular complexity index is 1380. The van der Waals surface area contributed by atoms with Crippen molar-refractivity contribution in [1.82, 2.24) is 5.32 Å². The van der Waals surface area contributed by atoms with E-state index in [2.05, 4.69) is 55.6 Å². The zero-order valence-electron chi connectivity index (χ0n) is 57.6. The van der Waals surface area contributed by atoms with Gasteiger partial charge in [-0.1, -0.05) is 371 Å². The Morgan fingerprint density at radius 1 is 0.329 bits per heavy atom. The van der Waals surface area contributed by atoms with Gasteiger partial charge in [0, 0.05) is 12.8 Å². The van der Waals surface area contributed by atoms with Crippen LogP contribution in [-0.4, -0.2) is 47.4 Å². The van der Waals surface area contributed by atoms with Crippen LogP contribution in [0.25, 0.3) is 0 Å². The predicted octanol–water partition coefficient (Wildman–Crippen LogP) is 25.4. The molecule has 2 unspecified atom stereocenters. The molecular weight excluding hydrogens is 1040 g/mol. The summed E-state index contributed by atoms with van der Waals surface area (Å²) < 4.78 is 5.49. The molecule has 0 bridgehead atoms. The van der Waals surface area contributed by atoms with Gasteiger partial charge in [0.1, 0.15) is 0 Å². The number of nitrogens with one attached hydrogen (secondary N) is 1. The van der Waals surface area contributed by atoms with Crippen molar-refractivity contribution in [3.05, 3.63) is 36.5 Å². The van der Waals surface area contributed by atoms with Crippen molar-refractivity contribution in [2.24, 2.45) is 0 Å². The number of rotatable bonds is 73. The third kappa shape index (κ3) is 71.0. The maximum absolute atomic E-state index is 12.5. The molecular formula is C79H151NO5. The molecule has 2 atom stereocenters. The molecule has 1 amide bonds. The van der Waals surface area contributed by atoms with Crippen LogP contribution in [0.2, 0.25) is 0 Å². The van der Waals surface area contributed by atoms with E-state index >= 15 is 0 Å². The predicted molar refractivity (Wildman–Crippen MR) is 375 cm³/mol. The second-order valence-electron chi connectivity index (χ2n) is 26.7. The first-order chi connectivity index (χ1) is 42.0. The van der Waals surface area contributed by atoms with Crippen molar-refractivity contribution in [3.63, 3.8) is 0 Å². The van der Waals surface area contributed by atoms with E-state index in [1.807, 2.05) is 0 Å². The van der Waals surface area contributed by atoms with Crippen LogP contribution in [0.15, 0.2) is 36.5 Å². The molecule has 0 saturated heterocycles. The topological polar surface area (TPSA) is 95.9 Å². The maximum atomic E-state index is 12.5. The van der Waals surface area contributed by atoms with Gasteiger partial charge in [-0.2, -0.15) is 0 Å². The van der Waals surface area contributed by atoms with Crippen molar-refractivity contribution in [2.45, 2.75) is 443 Å². The van der Waals surface area contributed by atoms with Crippen LogP contribution in [0.4, 0.5) is 0 Å². The molecule has 0 fully saturated rings. The molecule has 0 spiro atoms. The standard InChI is InChI=1S/C79H151NO5/c1-3-5-7-9-11-13-15-17-19-20-40-44-47-51-55-59-63-67-71-77(82)76(75-81)80-78(83)72-68-64-60-56-52-48-45-41-38-36-34-32-30-28-26-24-22-21-23-25-27-29-31-33-35-37-39-42-46-50-54-58-62-66-70-74-85-79(84)73-69-65-61-57-53-49-43-18-16-14-12-10-8-6-4-2/h18,23,25,29,31,43,76-77,81-82H,3-17,19-22,24,26-28,30,32-42,44-75H2,1-2H3,(H,80,83)/b25-23-,31-29-,43-18-. The number of carbonyl (C=O) groups excluding carboxylic acids is 2. The third-order valence-electron chi connectivity index (χ3n) is 18.2. The number of aliphatic hydroxyl groups is 2. The Kier molecular flexibility index (Phi) is 72.9. The van der Waals surface area contributed by atoms with E-state index in [9.17, 15) is 19.8 Å². The molecule has 6 nitrogen and oxygen atoms in total. The average Bonchev–Trinajstić information content (AvgIpc) is 3.51. The van der Waals surface area contributed by atoms with Crippen molar-refractivity contribution < 1.29 is 24.5 Å². The summed E-state index contributed by atoms with van der Waals surface area (Å²) in [5, 5.41) is 23.4. The normalized spacial score (nSPS) is 12.7. The summed E-state index contributed by atoms with van der Waals surface area (Å²) >= 11 is 0. The zero-order valence-corrected chi connectivity index (χ0v) is 57.6. The third-order valence-corrected chi connectivity index (χ3v) is 18.2. The number of ether oxygens (including phenoxy) is 1. The molecule has 0 aliphatic heterocycles. The van der Waals surface area contributed by atoms with E-state index in [1.165, 1.54) is 347 Å². The van der Waals surface area contributed by atoms with Crippen LogP contribution in [-0.2, 0) is 14.3 Å². The smallest absolute Gasteiger partial charge is 0.305 e. The first-order valence-corrected chi connectivity index (χ1v) is 38.7. The van der Waals surface area contributed by atoms with Gasteiger partial charge in [0.05, 0.1) is 25.4 Å². The van der Waals surface area contributed by atoms with Crippen molar-refractivity contribution in [1.29, 1.82) is 0 Å². The minimum atomic E-state index is -0.663. The van der Waals surface area contributed by atoms with Crippen molar-refractivity contribution in [2.75, 3.05) is 13.2 Å². The Morgan fingerprint density at radius 3 is 0.906 bits per heavy atom. The summed E-state index contributed by atoms with van der Waals surface area (Å²) in [6.07, 6.45) is 96.6. The summed E-state index contributed by atoms with van der Waals surface area (Å²) in [6, 6.07) is -0.540. The van der Waals surface area contributed by atoms with Crippen LogP contribution < -0.4 is 5.32 Å². The van der Waals surface area contributed by atoms with Crippen LogP contribution in [0.1, 0.15) is 431 Å². The zero-order chi connectivity index (χ0) is 61.3. The molecule has 502 valence electrons. The van der Waals surface area contributed by atoms with Gasteiger partial charge in [0.25, 0.3) is 0 Å². The largest absolute Gasteiger partial charge is 0.466 e. The molecule has 6 heteroatoms. The molecule has 0 aliphatic rings. The summed E-state index contributed by atoms with van der Waals surface area (Å²) in [5.41, 5.74) is 0. The molecule has 85 heavy (non-hydrogen) atoms. The fourth-order valence-corrected chi connectivity index (χ4v) is 12.3. The quantitative estimate of drug-likeness (QED) is 0.0320. The number of aliphatic hydroxyl groups excluding tert-OH is 2. The van der Waals surface area contributed by atoms with E-state index in [1.54, 1.807) is 0 Å². The summed E-state index contributed by atoms with van der Waals surface area (Å²) in [5.74, 6) is -0.0191. The van der Waals surface area contributed by atoms with E-state index in [0.717, 1.165) is 51.4 Å². The molecule has 0 aliphatic carbocycles. The molecule has 0 aromatic rings. The minimum Gasteiger partial charge on any atom is -0.466 e. The minimum absolute atomic E-state index is 0.00945. The Labute approximate surface area is 532 Å². The fraction of sp³-hybridized carbons (Fsp3) is 0.899. The van der Waals surface area contributed by atoms with E-state index in [4.69, 9.17) is 4.74 Å². The first-order valence-electron chi connectivity index (χ1n) is 38.7. The molecule has 0 rings (SSSR count). The number of esters is 1. The van der Waals surface area contributed by atoms with E-state index in [-0.39, 0.29) is 18.5 Å². The van der Waals surface area contributed by atoms with E-state index in [0.29, 0.717) is 25.9 Å². The maximum Gasteiger partial charge on any atom is 0.305 e. The number of unbranched alkanes of at least 4 members (excludes halogenated alkanes) is 56. The highest BCUT2D eigenvalue weighted by atomic mass is 16.5. The molecule has 0 heterocycles. The lowest BCUT2D eigenvalue weighted by Crippen LogP contribution is -2.45. The van der Waals surface area contributed by atoms with Gasteiger partial charge in [-0.05, 0) is 83.5 Å². The van der Waals surface area contributed by atoms with Crippen molar-refractivity contribution >= 4 is 11.9 Å². The van der Waals surface area contributed by atoms with Gasteiger partial charge in [0.15, 0.2) is 0 Å². The lowest BCUT2D eigenvalue weighted by molar-refractivity contribution is -0.143. The lowest BCUT2D eigenvalue weighted by Gasteiger charge is -2.22. The highest BCUT2D eigenvalue weighted by molar-refractivity contribution is 5.76. The van der Waals surface area contributed by atoms with Gasteiger partial charge < -0.3 is 20.3 Å². The van der Waals surface area contributed by atoms with Gasteiger partial charge >= 0.3 is 5.97 Å². The average molecular weight is 1200 g/mol. The number of hydrogen-bond donors (Lipinski definition) is 3. The fourth-order valence-electron chi connectivity index (χ4n) is 12.3. The first kappa shape index (κ1) is 83.1. The van der Waals surface area contributed by atoms with Crippen LogP contribution in [0, 0.1) is 0 Å². The van der Waals surface area contributed by atoms with Crippen LogP contribution >= 0.6 is 0 Å².